The van der Waals surface area contributed by atoms with Gasteiger partial charge >= 0.3 is 0 Å². The lowest BCUT2D eigenvalue weighted by molar-refractivity contribution is 0.622. The Balaban J connectivity index is 1.65. The standard InChI is InChI=1S/C16H25N3S/c1-2-9-17-14-10-15(19-16(18-14)13-7-8-13)20-11-12-5-3-4-6-12/h10,12-13H,2-9,11H2,1H3,(H,17,18,19). The summed E-state index contributed by atoms with van der Waals surface area (Å²) in [6.07, 6.45) is 9.33. The molecule has 0 spiro atoms. The second-order valence-corrected chi connectivity index (χ2v) is 7.15. The van der Waals surface area contributed by atoms with Crippen molar-refractivity contribution in [2.24, 2.45) is 5.92 Å². The first-order chi connectivity index (χ1) is 9.85. The van der Waals surface area contributed by atoms with Crippen molar-refractivity contribution in [3.05, 3.63) is 11.9 Å². The van der Waals surface area contributed by atoms with Crippen molar-refractivity contribution in [2.45, 2.75) is 62.8 Å². The zero-order chi connectivity index (χ0) is 13.8. The molecule has 2 aliphatic rings. The molecule has 3 nitrogen and oxygen atoms in total. The highest BCUT2D eigenvalue weighted by Gasteiger charge is 2.27. The number of nitrogens with zero attached hydrogens (tertiary/aromatic N) is 2. The zero-order valence-corrected chi connectivity index (χ0v) is 13.2. The van der Waals surface area contributed by atoms with E-state index < -0.39 is 0 Å². The molecule has 0 bridgehead atoms. The van der Waals surface area contributed by atoms with E-state index in [1.165, 1.54) is 49.3 Å². The van der Waals surface area contributed by atoms with Gasteiger partial charge in [0.1, 0.15) is 16.7 Å². The predicted octanol–water partition coefficient (Wildman–Crippen LogP) is 4.46. The van der Waals surface area contributed by atoms with Crippen molar-refractivity contribution in [3.63, 3.8) is 0 Å². The molecule has 2 saturated carbocycles. The van der Waals surface area contributed by atoms with Crippen LogP contribution < -0.4 is 5.32 Å². The molecule has 0 saturated heterocycles. The maximum Gasteiger partial charge on any atom is 0.135 e. The van der Waals surface area contributed by atoms with Crippen molar-refractivity contribution < 1.29 is 0 Å². The fourth-order valence-corrected chi connectivity index (χ4v) is 3.86. The van der Waals surface area contributed by atoms with Crippen LogP contribution in [0.4, 0.5) is 5.82 Å². The van der Waals surface area contributed by atoms with E-state index in [1.54, 1.807) is 0 Å². The van der Waals surface area contributed by atoms with Gasteiger partial charge in [-0.1, -0.05) is 19.8 Å². The van der Waals surface area contributed by atoms with Crippen molar-refractivity contribution in [1.82, 2.24) is 9.97 Å². The minimum atomic E-state index is 0.629. The SMILES string of the molecule is CCCNc1cc(SCC2CCCC2)nc(C2CC2)n1. The molecule has 1 heterocycles. The molecule has 20 heavy (non-hydrogen) atoms. The molecule has 110 valence electrons. The van der Waals surface area contributed by atoms with E-state index in [9.17, 15) is 0 Å². The van der Waals surface area contributed by atoms with E-state index >= 15 is 0 Å². The Hall–Kier alpha value is -0.770. The van der Waals surface area contributed by atoms with Gasteiger partial charge in [-0.2, -0.15) is 0 Å². The topological polar surface area (TPSA) is 37.8 Å². The largest absolute Gasteiger partial charge is 0.370 e. The number of hydrogen-bond donors (Lipinski definition) is 1. The first-order valence-electron chi connectivity index (χ1n) is 8.11. The van der Waals surface area contributed by atoms with Gasteiger partial charge in [0.2, 0.25) is 0 Å². The summed E-state index contributed by atoms with van der Waals surface area (Å²) < 4.78 is 0. The van der Waals surface area contributed by atoms with Crippen LogP contribution in [0.5, 0.6) is 0 Å². The maximum absolute atomic E-state index is 4.78. The average Bonchev–Trinajstić information content (AvgIpc) is 3.20. The lowest BCUT2D eigenvalue weighted by atomic mass is 10.1. The minimum absolute atomic E-state index is 0.629. The van der Waals surface area contributed by atoms with Gasteiger partial charge in [0.15, 0.2) is 0 Å². The summed E-state index contributed by atoms with van der Waals surface area (Å²) in [6, 6.07) is 2.14. The molecule has 2 fully saturated rings. The molecule has 2 aliphatic carbocycles. The Bertz CT molecular complexity index is 439. The van der Waals surface area contributed by atoms with E-state index in [1.807, 2.05) is 11.8 Å². The summed E-state index contributed by atoms with van der Waals surface area (Å²) in [5.41, 5.74) is 0. The smallest absolute Gasteiger partial charge is 0.135 e. The first kappa shape index (κ1) is 14.2. The van der Waals surface area contributed by atoms with Crippen LogP contribution in [-0.2, 0) is 0 Å². The fraction of sp³-hybridized carbons (Fsp3) is 0.750. The van der Waals surface area contributed by atoms with Crippen molar-refractivity contribution in [3.8, 4) is 0 Å². The molecule has 0 aliphatic heterocycles. The Morgan fingerprint density at radius 3 is 2.70 bits per heavy atom. The Kier molecular flexibility index (Phi) is 4.81. The predicted molar refractivity (Wildman–Crippen MR) is 85.5 cm³/mol. The molecular formula is C16H25N3S. The zero-order valence-electron chi connectivity index (χ0n) is 12.4. The normalized spacial score (nSPS) is 19.4. The first-order valence-corrected chi connectivity index (χ1v) is 9.09. The number of nitrogens with one attached hydrogen (secondary N) is 1. The number of anilines is 1. The van der Waals surface area contributed by atoms with Gasteiger partial charge in [-0.15, -0.1) is 11.8 Å². The fourth-order valence-electron chi connectivity index (χ4n) is 2.76. The highest BCUT2D eigenvalue weighted by molar-refractivity contribution is 7.99. The summed E-state index contributed by atoms with van der Waals surface area (Å²) >= 11 is 1.93. The van der Waals surface area contributed by atoms with Crippen LogP contribution >= 0.6 is 11.8 Å². The summed E-state index contributed by atoms with van der Waals surface area (Å²) in [4.78, 5) is 9.45. The monoisotopic (exact) mass is 291 g/mol. The Morgan fingerprint density at radius 1 is 1.20 bits per heavy atom. The maximum atomic E-state index is 4.78. The molecule has 4 heteroatoms. The van der Waals surface area contributed by atoms with Gasteiger partial charge < -0.3 is 5.32 Å². The van der Waals surface area contributed by atoms with Gasteiger partial charge in [0.05, 0.1) is 0 Å². The van der Waals surface area contributed by atoms with E-state index in [0.717, 1.165) is 30.5 Å². The van der Waals surface area contributed by atoms with E-state index in [4.69, 9.17) is 4.98 Å². The molecule has 1 aromatic heterocycles. The van der Waals surface area contributed by atoms with Crippen molar-refractivity contribution in [1.29, 1.82) is 0 Å². The molecule has 0 unspecified atom stereocenters. The number of hydrogen-bond acceptors (Lipinski definition) is 4. The third-order valence-electron chi connectivity index (χ3n) is 4.16. The number of thioether (sulfide) groups is 1. The van der Waals surface area contributed by atoms with E-state index in [2.05, 4.69) is 23.3 Å². The van der Waals surface area contributed by atoms with Crippen LogP contribution in [0, 0.1) is 5.92 Å². The molecule has 0 amide bonds. The Morgan fingerprint density at radius 2 is 2.00 bits per heavy atom. The second-order valence-electron chi connectivity index (χ2n) is 6.11. The number of aromatic nitrogens is 2. The number of rotatable bonds is 7. The van der Waals surface area contributed by atoms with Crippen LogP contribution in [0.25, 0.3) is 0 Å². The third kappa shape index (κ3) is 3.87. The molecule has 0 atom stereocenters. The summed E-state index contributed by atoms with van der Waals surface area (Å²) in [7, 11) is 0. The second kappa shape index (κ2) is 6.79. The van der Waals surface area contributed by atoms with Crippen LogP contribution in [0.1, 0.15) is 63.6 Å². The van der Waals surface area contributed by atoms with Crippen molar-refractivity contribution in [2.75, 3.05) is 17.6 Å². The van der Waals surface area contributed by atoms with Crippen LogP contribution in [0.3, 0.4) is 0 Å². The summed E-state index contributed by atoms with van der Waals surface area (Å²) in [5.74, 6) is 4.86. The van der Waals surface area contributed by atoms with E-state index in [-0.39, 0.29) is 0 Å². The lowest BCUT2D eigenvalue weighted by Gasteiger charge is -2.11. The molecular weight excluding hydrogens is 266 g/mol. The quantitative estimate of drug-likeness (QED) is 0.594. The van der Waals surface area contributed by atoms with Gasteiger partial charge in [-0.3, -0.25) is 0 Å². The van der Waals surface area contributed by atoms with Gasteiger partial charge in [-0.25, -0.2) is 9.97 Å². The molecule has 3 rings (SSSR count). The summed E-state index contributed by atoms with van der Waals surface area (Å²) in [5, 5.41) is 4.59. The highest BCUT2D eigenvalue weighted by Crippen LogP contribution is 2.39. The van der Waals surface area contributed by atoms with Gasteiger partial charge in [-0.05, 0) is 38.0 Å². The van der Waals surface area contributed by atoms with Crippen LogP contribution in [-0.4, -0.2) is 22.3 Å². The highest BCUT2D eigenvalue weighted by atomic mass is 32.2. The van der Waals surface area contributed by atoms with Crippen molar-refractivity contribution >= 4 is 17.6 Å². The minimum Gasteiger partial charge on any atom is -0.370 e. The lowest BCUT2D eigenvalue weighted by Crippen LogP contribution is -2.06. The Labute approximate surface area is 126 Å². The molecule has 0 radical (unpaired) electrons. The third-order valence-corrected chi connectivity index (χ3v) is 5.30. The van der Waals surface area contributed by atoms with E-state index in [0.29, 0.717) is 5.92 Å². The molecule has 1 N–H and O–H groups in total. The molecule has 1 aromatic rings. The van der Waals surface area contributed by atoms with Gasteiger partial charge in [0, 0.05) is 24.3 Å². The van der Waals surface area contributed by atoms with Gasteiger partial charge in [0.25, 0.3) is 0 Å². The molecule has 0 aromatic carbocycles. The summed E-state index contributed by atoms with van der Waals surface area (Å²) in [6.45, 7) is 3.18. The average molecular weight is 291 g/mol. The van der Waals surface area contributed by atoms with Crippen LogP contribution in [0.15, 0.2) is 11.1 Å². The van der Waals surface area contributed by atoms with Crippen LogP contribution in [0.2, 0.25) is 0 Å².